The van der Waals surface area contributed by atoms with Crippen molar-refractivity contribution in [1.29, 1.82) is 0 Å². The fourth-order valence-corrected chi connectivity index (χ4v) is 3.34. The molecular weight excluding hydrogens is 261 g/mol. The van der Waals surface area contributed by atoms with E-state index in [2.05, 4.69) is 0 Å². The summed E-state index contributed by atoms with van der Waals surface area (Å²) in [5, 5.41) is 0. The van der Waals surface area contributed by atoms with Gasteiger partial charge in [0.25, 0.3) is 0 Å². The topological polar surface area (TPSA) is 18.5 Å². The van der Waals surface area contributed by atoms with Gasteiger partial charge in [-0.15, -0.1) is 0 Å². The molecule has 1 rings (SSSR count). The van der Waals surface area contributed by atoms with E-state index in [0.29, 0.717) is 31.7 Å². The van der Waals surface area contributed by atoms with Crippen LogP contribution in [0.15, 0.2) is 12.1 Å². The first kappa shape index (κ1) is 15.2. The van der Waals surface area contributed by atoms with Crippen molar-refractivity contribution in [3.63, 3.8) is 0 Å². The molecule has 0 atom stereocenters. The fraction of sp³-hybridized carbons (Fsp3) is 0.500. The Labute approximate surface area is 107 Å². The van der Waals surface area contributed by atoms with Crippen molar-refractivity contribution < 1.29 is 22.0 Å². The highest BCUT2D eigenvalue weighted by Crippen LogP contribution is 2.16. The lowest BCUT2D eigenvalue weighted by Gasteiger charge is -2.14. The number of hydrogen-bond acceptors (Lipinski definition) is 2. The Morgan fingerprint density at radius 2 is 1.50 bits per heavy atom. The number of hydrogen-bond donors (Lipinski definition) is 0. The first-order valence-corrected chi connectivity index (χ1v) is 7.71. The Bertz CT molecular complexity index is 382. The van der Waals surface area contributed by atoms with Crippen LogP contribution in [0.4, 0.5) is 13.2 Å². The van der Waals surface area contributed by atoms with Gasteiger partial charge in [-0.2, -0.15) is 0 Å². The van der Waals surface area contributed by atoms with Crippen molar-refractivity contribution >= 4 is 9.28 Å². The average Bonchev–Trinajstić information content (AvgIpc) is 2.32. The third-order valence-corrected chi connectivity index (χ3v) is 4.61. The summed E-state index contributed by atoms with van der Waals surface area (Å²) in [4.78, 5) is 0. The van der Waals surface area contributed by atoms with E-state index >= 15 is 0 Å². The first-order chi connectivity index (χ1) is 8.58. The highest BCUT2D eigenvalue weighted by molar-refractivity contribution is 6.44. The Balaban J connectivity index is 2.64. The summed E-state index contributed by atoms with van der Waals surface area (Å²) in [7, 11) is -1.84. The van der Waals surface area contributed by atoms with Crippen LogP contribution in [-0.4, -0.2) is 22.5 Å². The van der Waals surface area contributed by atoms with Crippen molar-refractivity contribution in [2.45, 2.75) is 26.3 Å². The molecule has 102 valence electrons. The normalized spacial score (nSPS) is 11.2. The van der Waals surface area contributed by atoms with Gasteiger partial charge in [-0.1, -0.05) is 0 Å². The van der Waals surface area contributed by atoms with E-state index < -0.39 is 26.7 Å². The van der Waals surface area contributed by atoms with Crippen molar-refractivity contribution in [2.24, 2.45) is 0 Å². The van der Waals surface area contributed by atoms with Crippen LogP contribution in [0.5, 0.6) is 0 Å². The molecule has 0 saturated carbocycles. The third-order valence-electron chi connectivity index (χ3n) is 2.44. The van der Waals surface area contributed by atoms with Crippen LogP contribution >= 0.6 is 0 Å². The maximum atomic E-state index is 13.4. The molecule has 1 aromatic carbocycles. The van der Waals surface area contributed by atoms with Crippen LogP contribution in [0, 0.1) is 17.5 Å². The van der Waals surface area contributed by atoms with Gasteiger partial charge in [0.1, 0.15) is 5.82 Å². The van der Waals surface area contributed by atoms with Crippen molar-refractivity contribution in [3.8, 4) is 0 Å². The van der Waals surface area contributed by atoms with Gasteiger partial charge in [0.15, 0.2) is 11.6 Å². The molecule has 0 saturated heterocycles. The van der Waals surface area contributed by atoms with E-state index in [1.165, 1.54) is 0 Å². The third kappa shape index (κ3) is 4.43. The molecule has 0 aliphatic carbocycles. The maximum Gasteiger partial charge on any atom is 0.321 e. The van der Waals surface area contributed by atoms with Gasteiger partial charge in [0.05, 0.1) is 0 Å². The summed E-state index contributed by atoms with van der Waals surface area (Å²) >= 11 is 0. The summed E-state index contributed by atoms with van der Waals surface area (Å²) in [6.45, 7) is 4.79. The van der Waals surface area contributed by atoms with Crippen LogP contribution < -0.4 is 0 Å². The molecule has 0 N–H and O–H groups in total. The summed E-state index contributed by atoms with van der Waals surface area (Å²) < 4.78 is 50.0. The van der Waals surface area contributed by atoms with E-state index in [-0.39, 0.29) is 5.56 Å². The Morgan fingerprint density at radius 1 is 0.944 bits per heavy atom. The Morgan fingerprint density at radius 3 is 2.06 bits per heavy atom. The number of halogens is 3. The van der Waals surface area contributed by atoms with Gasteiger partial charge < -0.3 is 8.85 Å². The summed E-state index contributed by atoms with van der Waals surface area (Å²) in [5.41, 5.74) is 0.158. The van der Waals surface area contributed by atoms with E-state index in [1.54, 1.807) is 0 Å². The highest BCUT2D eigenvalue weighted by Gasteiger charge is 2.15. The molecule has 0 unspecified atom stereocenters. The lowest BCUT2D eigenvalue weighted by molar-refractivity contribution is 0.213. The number of benzene rings is 1. The zero-order chi connectivity index (χ0) is 13.5. The van der Waals surface area contributed by atoms with Crippen LogP contribution in [-0.2, 0) is 15.3 Å². The van der Waals surface area contributed by atoms with Crippen LogP contribution in [0.25, 0.3) is 0 Å². The van der Waals surface area contributed by atoms with Gasteiger partial charge in [-0.25, -0.2) is 13.2 Å². The minimum Gasteiger partial charge on any atom is -0.397 e. The monoisotopic (exact) mass is 278 g/mol. The molecule has 18 heavy (non-hydrogen) atoms. The van der Waals surface area contributed by atoms with Gasteiger partial charge in [-0.3, -0.25) is 0 Å². The fourth-order valence-electron chi connectivity index (χ4n) is 1.62. The van der Waals surface area contributed by atoms with Crippen molar-refractivity contribution in [2.75, 3.05) is 13.2 Å². The van der Waals surface area contributed by atoms with Crippen LogP contribution in [0.2, 0.25) is 6.04 Å². The highest BCUT2D eigenvalue weighted by atomic mass is 28.3. The van der Waals surface area contributed by atoms with E-state index in [1.807, 2.05) is 13.8 Å². The predicted molar refractivity (Wildman–Crippen MR) is 65.2 cm³/mol. The Hall–Kier alpha value is -0.853. The van der Waals surface area contributed by atoms with Gasteiger partial charge in [0, 0.05) is 19.3 Å². The van der Waals surface area contributed by atoms with Gasteiger partial charge in [0.2, 0.25) is 0 Å². The zero-order valence-corrected chi connectivity index (χ0v) is 11.7. The molecule has 0 bridgehead atoms. The molecule has 0 aliphatic heterocycles. The van der Waals surface area contributed by atoms with Gasteiger partial charge >= 0.3 is 9.28 Å². The quantitative estimate of drug-likeness (QED) is 0.564. The van der Waals surface area contributed by atoms with Crippen LogP contribution in [0.1, 0.15) is 19.4 Å². The predicted octanol–water partition coefficient (Wildman–Crippen LogP) is 2.94. The summed E-state index contributed by atoms with van der Waals surface area (Å²) in [6, 6.07) is 2.00. The molecule has 0 heterocycles. The van der Waals surface area contributed by atoms with E-state index in [9.17, 15) is 13.2 Å². The standard InChI is InChI=1S/C12H17F3O2Si/c1-3-16-18(17-4-2)6-5-9-7-11(14)12(15)8-10(9)13/h7-8,18H,3-6H2,1-2H3. The molecule has 2 nitrogen and oxygen atoms in total. The SMILES string of the molecule is CCO[SiH](CCc1cc(F)c(F)cc1F)OCC. The number of rotatable bonds is 7. The van der Waals surface area contributed by atoms with Crippen molar-refractivity contribution in [1.82, 2.24) is 0 Å². The van der Waals surface area contributed by atoms with Crippen molar-refractivity contribution in [3.05, 3.63) is 35.1 Å². The van der Waals surface area contributed by atoms with Gasteiger partial charge in [-0.05, 0) is 37.9 Å². The molecule has 1 aromatic rings. The maximum absolute atomic E-state index is 13.4. The smallest absolute Gasteiger partial charge is 0.321 e. The lowest BCUT2D eigenvalue weighted by atomic mass is 10.1. The number of aryl methyl sites for hydroxylation is 1. The molecule has 6 heteroatoms. The first-order valence-electron chi connectivity index (χ1n) is 5.95. The second-order valence-corrected chi connectivity index (χ2v) is 5.84. The minimum absolute atomic E-state index is 0.158. The summed E-state index contributed by atoms with van der Waals surface area (Å²) in [5.74, 6) is -2.92. The lowest BCUT2D eigenvalue weighted by Crippen LogP contribution is -2.23. The molecular formula is C12H17F3O2Si. The van der Waals surface area contributed by atoms with E-state index in [4.69, 9.17) is 8.85 Å². The summed E-state index contributed by atoms with van der Waals surface area (Å²) in [6.07, 6.45) is 0.292. The molecule has 0 spiro atoms. The second kappa shape index (κ2) is 7.55. The average molecular weight is 278 g/mol. The second-order valence-electron chi connectivity index (χ2n) is 3.74. The van der Waals surface area contributed by atoms with E-state index in [0.717, 1.165) is 6.07 Å². The minimum atomic E-state index is -1.84. The molecule has 0 radical (unpaired) electrons. The molecule has 0 aliphatic rings. The molecule has 0 aromatic heterocycles. The molecule has 0 fully saturated rings. The largest absolute Gasteiger partial charge is 0.397 e. The zero-order valence-electron chi connectivity index (χ0n) is 10.5. The Kier molecular flexibility index (Phi) is 6.38. The van der Waals surface area contributed by atoms with Crippen LogP contribution in [0.3, 0.4) is 0 Å². The molecule has 0 amide bonds.